The zero-order valence-corrected chi connectivity index (χ0v) is 11.8. The second kappa shape index (κ2) is 5.05. The molecule has 0 saturated carbocycles. The maximum Gasteiger partial charge on any atom is 0.232 e. The van der Waals surface area contributed by atoms with Gasteiger partial charge in [-0.3, -0.25) is 0 Å². The Morgan fingerprint density at radius 3 is 2.65 bits per heavy atom. The fourth-order valence-corrected chi connectivity index (χ4v) is 2.69. The van der Waals surface area contributed by atoms with E-state index in [1.165, 1.54) is 12.1 Å². The summed E-state index contributed by atoms with van der Waals surface area (Å²) in [6.45, 7) is 2.01. The van der Waals surface area contributed by atoms with Crippen LogP contribution in [0.1, 0.15) is 4.88 Å². The van der Waals surface area contributed by atoms with Crippen LogP contribution in [0.5, 0.6) is 11.6 Å². The van der Waals surface area contributed by atoms with Crippen molar-refractivity contribution in [2.75, 3.05) is 12.4 Å². The van der Waals surface area contributed by atoms with Crippen molar-refractivity contribution in [3.05, 3.63) is 41.0 Å². The molecule has 0 saturated heterocycles. The van der Waals surface area contributed by atoms with Gasteiger partial charge >= 0.3 is 0 Å². The lowest BCUT2D eigenvalue weighted by Crippen LogP contribution is -1.98. The highest BCUT2D eigenvalue weighted by atomic mass is 32.1. The van der Waals surface area contributed by atoms with Crippen LogP contribution in [0.25, 0.3) is 10.2 Å². The first-order chi connectivity index (χ1) is 9.65. The lowest BCUT2D eigenvalue weighted by molar-refractivity contribution is 0.467. The summed E-state index contributed by atoms with van der Waals surface area (Å²) in [5.74, 6) is 1.21. The predicted molar refractivity (Wildman–Crippen MR) is 78.2 cm³/mol. The molecule has 0 aliphatic carbocycles. The molecule has 2 heterocycles. The molecule has 6 heteroatoms. The van der Waals surface area contributed by atoms with E-state index < -0.39 is 0 Å². The number of ether oxygens (including phenoxy) is 1. The Morgan fingerprint density at radius 1 is 1.20 bits per heavy atom. The average molecular weight is 289 g/mol. The van der Waals surface area contributed by atoms with Crippen molar-refractivity contribution in [3.8, 4) is 11.6 Å². The van der Waals surface area contributed by atoms with Crippen LogP contribution < -0.4 is 10.1 Å². The van der Waals surface area contributed by atoms with Crippen LogP contribution in [0.15, 0.2) is 30.3 Å². The highest BCUT2D eigenvalue weighted by molar-refractivity contribution is 7.18. The molecule has 4 nitrogen and oxygen atoms in total. The topological polar surface area (TPSA) is 47.0 Å². The van der Waals surface area contributed by atoms with Gasteiger partial charge in [-0.05, 0) is 37.3 Å². The summed E-state index contributed by atoms with van der Waals surface area (Å²) in [6.07, 6.45) is 0. The molecule has 0 aliphatic rings. The van der Waals surface area contributed by atoms with Crippen molar-refractivity contribution in [1.29, 1.82) is 0 Å². The number of benzene rings is 1. The fraction of sp³-hybridized carbons (Fsp3) is 0.143. The third-order valence-corrected chi connectivity index (χ3v) is 3.68. The minimum Gasteiger partial charge on any atom is -0.438 e. The summed E-state index contributed by atoms with van der Waals surface area (Å²) in [4.78, 5) is 10.7. The Hall–Kier alpha value is -2.21. The third-order valence-electron chi connectivity index (χ3n) is 2.73. The van der Waals surface area contributed by atoms with Crippen LogP contribution in [0, 0.1) is 12.7 Å². The number of anilines is 1. The molecule has 0 aliphatic heterocycles. The van der Waals surface area contributed by atoms with E-state index in [9.17, 15) is 4.39 Å². The van der Waals surface area contributed by atoms with E-state index in [-0.39, 0.29) is 5.82 Å². The van der Waals surface area contributed by atoms with Crippen LogP contribution in [0.3, 0.4) is 0 Å². The molecule has 2 aromatic heterocycles. The van der Waals surface area contributed by atoms with Gasteiger partial charge in [-0.15, -0.1) is 11.3 Å². The molecule has 0 fully saturated rings. The van der Waals surface area contributed by atoms with Gasteiger partial charge in [0.2, 0.25) is 11.8 Å². The molecule has 102 valence electrons. The molecule has 0 atom stereocenters. The molecule has 0 radical (unpaired) electrons. The number of nitrogens with zero attached hydrogens (tertiary/aromatic N) is 2. The zero-order chi connectivity index (χ0) is 14.1. The van der Waals surface area contributed by atoms with Gasteiger partial charge in [-0.25, -0.2) is 9.37 Å². The van der Waals surface area contributed by atoms with Gasteiger partial charge in [0.15, 0.2) is 0 Å². The van der Waals surface area contributed by atoms with Gasteiger partial charge < -0.3 is 10.1 Å². The zero-order valence-electron chi connectivity index (χ0n) is 11.0. The summed E-state index contributed by atoms with van der Waals surface area (Å²) in [7, 11) is 1.75. The van der Waals surface area contributed by atoms with E-state index in [0.29, 0.717) is 17.6 Å². The maximum absolute atomic E-state index is 12.9. The maximum atomic E-state index is 12.9. The smallest absolute Gasteiger partial charge is 0.232 e. The lowest BCUT2D eigenvalue weighted by atomic mass is 10.3. The van der Waals surface area contributed by atoms with Gasteiger partial charge in [-0.2, -0.15) is 4.98 Å². The monoisotopic (exact) mass is 289 g/mol. The van der Waals surface area contributed by atoms with E-state index in [4.69, 9.17) is 4.74 Å². The SMILES string of the molecule is CNc1nc(Oc2ccc(F)cc2)c2cc(C)sc2n1. The van der Waals surface area contributed by atoms with Crippen molar-refractivity contribution in [3.63, 3.8) is 0 Å². The van der Waals surface area contributed by atoms with Gasteiger partial charge in [0, 0.05) is 11.9 Å². The number of thiophene rings is 1. The molecule has 1 aromatic carbocycles. The molecule has 3 rings (SSSR count). The number of aromatic nitrogens is 2. The number of rotatable bonds is 3. The Labute approximate surface area is 119 Å². The number of aryl methyl sites for hydroxylation is 1. The number of halogens is 1. The molecule has 20 heavy (non-hydrogen) atoms. The van der Waals surface area contributed by atoms with Gasteiger partial charge in [-0.1, -0.05) is 0 Å². The quantitative estimate of drug-likeness (QED) is 0.792. The second-order valence-corrected chi connectivity index (χ2v) is 5.47. The van der Waals surface area contributed by atoms with Crippen molar-refractivity contribution in [2.45, 2.75) is 6.92 Å². The molecule has 0 amide bonds. The first kappa shape index (κ1) is 12.8. The Kier molecular flexibility index (Phi) is 3.23. The Balaban J connectivity index is 2.06. The molecule has 1 N–H and O–H groups in total. The van der Waals surface area contributed by atoms with E-state index in [0.717, 1.165) is 15.1 Å². The van der Waals surface area contributed by atoms with Crippen LogP contribution in [-0.2, 0) is 0 Å². The van der Waals surface area contributed by atoms with E-state index >= 15 is 0 Å². The summed E-state index contributed by atoms with van der Waals surface area (Å²) >= 11 is 1.58. The Morgan fingerprint density at radius 2 is 1.95 bits per heavy atom. The summed E-state index contributed by atoms with van der Waals surface area (Å²) in [5, 5.41) is 3.77. The predicted octanol–water partition coefficient (Wildman–Crippen LogP) is 3.97. The van der Waals surface area contributed by atoms with Crippen molar-refractivity contribution < 1.29 is 9.13 Å². The highest BCUT2D eigenvalue weighted by Crippen LogP contribution is 2.33. The van der Waals surface area contributed by atoms with Crippen LogP contribution >= 0.6 is 11.3 Å². The largest absolute Gasteiger partial charge is 0.438 e. The third kappa shape index (κ3) is 2.42. The normalized spacial score (nSPS) is 10.8. The average Bonchev–Trinajstić information content (AvgIpc) is 2.81. The Bertz CT molecular complexity index is 755. The van der Waals surface area contributed by atoms with Crippen molar-refractivity contribution >= 4 is 27.5 Å². The lowest BCUT2D eigenvalue weighted by Gasteiger charge is -2.07. The second-order valence-electron chi connectivity index (χ2n) is 4.23. The molecule has 3 aromatic rings. The summed E-state index contributed by atoms with van der Waals surface area (Å²) < 4.78 is 18.7. The first-order valence-electron chi connectivity index (χ1n) is 6.05. The standard InChI is InChI=1S/C14H12FN3OS/c1-8-7-11-12(17-14(16-2)18-13(11)20-8)19-10-5-3-9(15)4-6-10/h3-7H,1-2H3,(H,16,17,18). The highest BCUT2D eigenvalue weighted by Gasteiger charge is 2.12. The molecule has 0 unspecified atom stereocenters. The summed E-state index contributed by atoms with van der Waals surface area (Å²) in [6, 6.07) is 7.83. The molecular weight excluding hydrogens is 277 g/mol. The molecule has 0 spiro atoms. The van der Waals surface area contributed by atoms with Crippen molar-refractivity contribution in [2.24, 2.45) is 0 Å². The number of fused-ring (bicyclic) bond motifs is 1. The van der Waals surface area contributed by atoms with E-state index in [1.807, 2.05) is 13.0 Å². The van der Waals surface area contributed by atoms with Crippen LogP contribution in [-0.4, -0.2) is 17.0 Å². The van der Waals surface area contributed by atoms with Crippen molar-refractivity contribution in [1.82, 2.24) is 9.97 Å². The first-order valence-corrected chi connectivity index (χ1v) is 6.87. The number of nitrogens with one attached hydrogen (secondary N) is 1. The molecular formula is C14H12FN3OS. The summed E-state index contributed by atoms with van der Waals surface area (Å²) in [5.41, 5.74) is 0. The van der Waals surface area contributed by atoms with Gasteiger partial charge in [0.1, 0.15) is 16.4 Å². The van der Waals surface area contributed by atoms with Crippen LogP contribution in [0.2, 0.25) is 0 Å². The minimum atomic E-state index is -0.299. The number of hydrogen-bond donors (Lipinski definition) is 1. The van der Waals surface area contributed by atoms with Gasteiger partial charge in [0.05, 0.1) is 5.39 Å². The van der Waals surface area contributed by atoms with Gasteiger partial charge in [0.25, 0.3) is 0 Å². The van der Waals surface area contributed by atoms with E-state index in [2.05, 4.69) is 15.3 Å². The van der Waals surface area contributed by atoms with E-state index in [1.54, 1.807) is 30.5 Å². The molecule has 0 bridgehead atoms. The number of hydrogen-bond acceptors (Lipinski definition) is 5. The minimum absolute atomic E-state index is 0.299. The fourth-order valence-electron chi connectivity index (χ4n) is 1.82. The van der Waals surface area contributed by atoms with Crippen LogP contribution in [0.4, 0.5) is 10.3 Å².